The number of nitrogens with zero attached hydrogens (tertiary/aromatic N) is 2. The molecule has 0 spiro atoms. The highest BCUT2D eigenvalue weighted by Crippen LogP contribution is 2.25. The molecule has 0 saturated heterocycles. The molecule has 19 heavy (non-hydrogen) atoms. The van der Waals surface area contributed by atoms with Gasteiger partial charge in [-0.05, 0) is 19.1 Å². The maximum atomic E-state index is 11.7. The van der Waals surface area contributed by atoms with Crippen LogP contribution in [0.2, 0.25) is 0 Å². The van der Waals surface area contributed by atoms with Crippen LogP contribution in [-0.4, -0.2) is 29.5 Å². The molecule has 0 saturated carbocycles. The second-order valence-corrected chi connectivity index (χ2v) is 3.75. The first-order valence-corrected chi connectivity index (χ1v) is 5.83. The number of methoxy groups -OCH3 is 1. The summed E-state index contributed by atoms with van der Waals surface area (Å²) in [5.74, 6) is 0.358. The molecule has 0 bridgehead atoms. The predicted molar refractivity (Wildman–Crippen MR) is 70.5 cm³/mol. The topological polar surface area (TPSA) is 79.4 Å². The molecule has 0 aliphatic rings. The van der Waals surface area contributed by atoms with Crippen LogP contribution in [0.25, 0.3) is 5.69 Å². The van der Waals surface area contributed by atoms with Gasteiger partial charge in [0.05, 0.1) is 19.9 Å². The average Bonchev–Trinajstić information content (AvgIpc) is 2.80. The Bertz CT molecular complexity index is 593. The van der Waals surface area contributed by atoms with E-state index in [1.807, 2.05) is 12.1 Å². The summed E-state index contributed by atoms with van der Waals surface area (Å²) in [6, 6.07) is 7.27. The number of benzene rings is 1. The lowest BCUT2D eigenvalue weighted by molar-refractivity contribution is 0.0527. The molecule has 1 aromatic carbocycles. The lowest BCUT2D eigenvalue weighted by atomic mass is 10.3. The van der Waals surface area contributed by atoms with Gasteiger partial charge in [-0.3, -0.25) is 0 Å². The molecule has 100 valence electrons. The fourth-order valence-corrected chi connectivity index (χ4v) is 1.72. The van der Waals surface area contributed by atoms with E-state index in [0.29, 0.717) is 11.4 Å². The van der Waals surface area contributed by atoms with Gasteiger partial charge >= 0.3 is 5.97 Å². The van der Waals surface area contributed by atoms with Crippen LogP contribution in [-0.2, 0) is 4.74 Å². The fourth-order valence-electron chi connectivity index (χ4n) is 1.72. The largest absolute Gasteiger partial charge is 0.494 e. The zero-order chi connectivity index (χ0) is 13.8. The summed E-state index contributed by atoms with van der Waals surface area (Å²) in [4.78, 5) is 11.7. The summed E-state index contributed by atoms with van der Waals surface area (Å²) in [5.41, 5.74) is 6.84. The van der Waals surface area contributed by atoms with Gasteiger partial charge in [-0.25, -0.2) is 9.48 Å². The van der Waals surface area contributed by atoms with Crippen molar-refractivity contribution in [1.29, 1.82) is 0 Å². The number of hydrogen-bond acceptors (Lipinski definition) is 5. The highest BCUT2D eigenvalue weighted by Gasteiger charge is 2.18. The van der Waals surface area contributed by atoms with E-state index in [9.17, 15) is 4.79 Å². The summed E-state index contributed by atoms with van der Waals surface area (Å²) in [5, 5.41) is 4.11. The smallest absolute Gasteiger partial charge is 0.343 e. The number of carbonyl (C=O) groups excluding carboxylic acids is 1. The minimum absolute atomic E-state index is 0.225. The number of esters is 1. The number of ether oxygens (including phenoxy) is 2. The number of nitrogens with two attached hydrogens (primary N) is 1. The molecule has 0 unspecified atom stereocenters. The molecule has 0 aliphatic heterocycles. The third-order valence-corrected chi connectivity index (χ3v) is 2.62. The summed E-state index contributed by atoms with van der Waals surface area (Å²) in [6.07, 6.45) is 1.39. The molecule has 0 radical (unpaired) electrons. The highest BCUT2D eigenvalue weighted by molar-refractivity contribution is 5.94. The van der Waals surface area contributed by atoms with E-state index in [4.69, 9.17) is 15.2 Å². The second-order valence-electron chi connectivity index (χ2n) is 3.75. The van der Waals surface area contributed by atoms with Gasteiger partial charge in [0.15, 0.2) is 0 Å². The van der Waals surface area contributed by atoms with E-state index in [1.54, 1.807) is 26.2 Å². The van der Waals surface area contributed by atoms with Gasteiger partial charge in [0.25, 0.3) is 0 Å². The van der Waals surface area contributed by atoms with Crippen molar-refractivity contribution in [3.8, 4) is 11.4 Å². The third-order valence-electron chi connectivity index (χ3n) is 2.62. The first kappa shape index (κ1) is 12.9. The maximum Gasteiger partial charge on any atom is 0.343 e. The summed E-state index contributed by atoms with van der Waals surface area (Å²) < 4.78 is 11.6. The number of carbonyl (C=O) groups is 1. The Labute approximate surface area is 110 Å². The zero-order valence-corrected chi connectivity index (χ0v) is 10.8. The molecular weight excluding hydrogens is 246 g/mol. The van der Waals surface area contributed by atoms with Gasteiger partial charge in [0.2, 0.25) is 0 Å². The van der Waals surface area contributed by atoms with Gasteiger partial charge in [0, 0.05) is 0 Å². The van der Waals surface area contributed by atoms with Crippen molar-refractivity contribution in [2.24, 2.45) is 0 Å². The fraction of sp³-hybridized carbons (Fsp3) is 0.231. The van der Waals surface area contributed by atoms with Crippen molar-refractivity contribution < 1.29 is 14.3 Å². The molecule has 6 heteroatoms. The van der Waals surface area contributed by atoms with Crippen molar-refractivity contribution in [2.75, 3.05) is 19.5 Å². The van der Waals surface area contributed by atoms with Crippen molar-refractivity contribution in [2.45, 2.75) is 6.92 Å². The zero-order valence-electron chi connectivity index (χ0n) is 10.8. The number of rotatable bonds is 4. The Morgan fingerprint density at radius 1 is 1.42 bits per heavy atom. The van der Waals surface area contributed by atoms with Gasteiger partial charge in [-0.2, -0.15) is 5.10 Å². The molecule has 1 heterocycles. The first-order valence-electron chi connectivity index (χ1n) is 5.83. The van der Waals surface area contributed by atoms with Crippen molar-refractivity contribution >= 4 is 11.8 Å². The lowest BCUT2D eigenvalue weighted by Gasteiger charge is -2.09. The Hall–Kier alpha value is -2.50. The third kappa shape index (κ3) is 2.37. The summed E-state index contributed by atoms with van der Waals surface area (Å²) in [7, 11) is 1.56. The lowest BCUT2D eigenvalue weighted by Crippen LogP contribution is -2.09. The quantitative estimate of drug-likeness (QED) is 0.846. The van der Waals surface area contributed by atoms with E-state index < -0.39 is 5.97 Å². The molecule has 1 aromatic heterocycles. The molecule has 6 nitrogen and oxygen atoms in total. The average molecular weight is 261 g/mol. The normalized spacial score (nSPS) is 10.2. The van der Waals surface area contributed by atoms with Crippen LogP contribution in [0.3, 0.4) is 0 Å². The van der Waals surface area contributed by atoms with Crippen LogP contribution in [0.1, 0.15) is 17.3 Å². The summed E-state index contributed by atoms with van der Waals surface area (Å²) in [6.45, 7) is 2.02. The second kappa shape index (κ2) is 5.43. The van der Waals surface area contributed by atoms with Crippen LogP contribution in [0.15, 0.2) is 30.5 Å². The van der Waals surface area contributed by atoms with Crippen LogP contribution in [0.4, 0.5) is 5.82 Å². The van der Waals surface area contributed by atoms with E-state index in [1.165, 1.54) is 10.9 Å². The molecule has 0 amide bonds. The Morgan fingerprint density at radius 3 is 2.84 bits per heavy atom. The monoisotopic (exact) mass is 261 g/mol. The van der Waals surface area contributed by atoms with E-state index in [-0.39, 0.29) is 18.0 Å². The van der Waals surface area contributed by atoms with Gasteiger partial charge < -0.3 is 15.2 Å². The number of aromatic nitrogens is 2. The minimum atomic E-state index is -0.485. The molecule has 2 N–H and O–H groups in total. The molecular formula is C13H15N3O3. The number of anilines is 1. The molecule has 2 aromatic rings. The number of nitrogen functional groups attached to an aromatic ring is 1. The predicted octanol–water partition coefficient (Wildman–Crippen LogP) is 1.64. The maximum absolute atomic E-state index is 11.7. The molecule has 2 rings (SSSR count). The van der Waals surface area contributed by atoms with Gasteiger partial charge in [-0.1, -0.05) is 12.1 Å². The van der Waals surface area contributed by atoms with Crippen LogP contribution in [0, 0.1) is 0 Å². The van der Waals surface area contributed by atoms with E-state index in [2.05, 4.69) is 5.10 Å². The van der Waals surface area contributed by atoms with Crippen molar-refractivity contribution in [1.82, 2.24) is 9.78 Å². The Balaban J connectivity index is 2.44. The molecule has 0 fully saturated rings. The van der Waals surface area contributed by atoms with Crippen molar-refractivity contribution in [3.05, 3.63) is 36.0 Å². The first-order chi connectivity index (χ1) is 9.19. The van der Waals surface area contributed by atoms with Gasteiger partial charge in [0.1, 0.15) is 22.8 Å². The summed E-state index contributed by atoms with van der Waals surface area (Å²) >= 11 is 0. The number of para-hydroxylation sites is 2. The van der Waals surface area contributed by atoms with Crippen LogP contribution in [0.5, 0.6) is 5.75 Å². The molecule has 0 atom stereocenters. The van der Waals surface area contributed by atoms with Crippen LogP contribution < -0.4 is 10.5 Å². The SMILES string of the molecule is CCOC(=O)c1cnn(-c2ccccc2OC)c1N. The Kier molecular flexibility index (Phi) is 3.70. The highest BCUT2D eigenvalue weighted by atomic mass is 16.5. The van der Waals surface area contributed by atoms with Crippen LogP contribution >= 0.6 is 0 Å². The Morgan fingerprint density at radius 2 is 2.16 bits per heavy atom. The standard InChI is InChI=1S/C13H15N3O3/c1-3-19-13(17)9-8-15-16(12(9)14)10-6-4-5-7-11(10)18-2/h4-8H,3,14H2,1-2H3. The van der Waals surface area contributed by atoms with E-state index >= 15 is 0 Å². The van der Waals surface area contributed by atoms with Gasteiger partial charge in [-0.15, -0.1) is 0 Å². The minimum Gasteiger partial charge on any atom is -0.494 e. The molecule has 0 aliphatic carbocycles. The van der Waals surface area contributed by atoms with E-state index in [0.717, 1.165) is 0 Å². The number of hydrogen-bond donors (Lipinski definition) is 1. The van der Waals surface area contributed by atoms with Crippen molar-refractivity contribution in [3.63, 3.8) is 0 Å².